The molecule has 1 aliphatic heterocycles. The van der Waals surface area contributed by atoms with Crippen LogP contribution in [0.2, 0.25) is 0 Å². The molecule has 1 fully saturated rings. The van der Waals surface area contributed by atoms with E-state index in [-0.39, 0.29) is 6.04 Å². The highest BCUT2D eigenvalue weighted by molar-refractivity contribution is 5.42. The van der Waals surface area contributed by atoms with Gasteiger partial charge in [0.15, 0.2) is 0 Å². The highest BCUT2D eigenvalue weighted by atomic mass is 16.5. The molecule has 4 nitrogen and oxygen atoms in total. The van der Waals surface area contributed by atoms with Crippen LogP contribution < -0.4 is 10.5 Å². The zero-order chi connectivity index (χ0) is 14.1. The number of rotatable bonds is 4. The molecule has 3 atom stereocenters. The number of hydrogen-bond donors (Lipinski definition) is 1. The van der Waals surface area contributed by atoms with Gasteiger partial charge in [-0.15, -0.1) is 0 Å². The van der Waals surface area contributed by atoms with Gasteiger partial charge < -0.3 is 15.2 Å². The third kappa shape index (κ3) is 2.55. The highest BCUT2D eigenvalue weighted by Crippen LogP contribution is 2.35. The van der Waals surface area contributed by atoms with E-state index in [0.29, 0.717) is 12.1 Å². The van der Waals surface area contributed by atoms with Crippen LogP contribution in [0.3, 0.4) is 0 Å². The maximum atomic E-state index is 6.45. The van der Waals surface area contributed by atoms with Crippen molar-refractivity contribution in [1.82, 2.24) is 4.90 Å². The molecule has 0 aromatic heterocycles. The third-order valence-corrected chi connectivity index (χ3v) is 4.64. The molecular weight excluding hydrogens is 252 g/mol. The molecule has 110 valence electrons. The lowest BCUT2D eigenvalue weighted by atomic mass is 10.1. The van der Waals surface area contributed by atoms with Crippen LogP contribution in [0, 0.1) is 0 Å². The molecule has 1 saturated heterocycles. The van der Waals surface area contributed by atoms with Gasteiger partial charge in [-0.2, -0.15) is 0 Å². The maximum Gasteiger partial charge on any atom is 0.119 e. The summed E-state index contributed by atoms with van der Waals surface area (Å²) in [5.74, 6) is 0.890. The molecule has 2 aliphatic rings. The Morgan fingerprint density at radius 3 is 3.00 bits per heavy atom. The number of nitrogens with two attached hydrogens (primary N) is 1. The Bertz CT molecular complexity index is 472. The summed E-state index contributed by atoms with van der Waals surface area (Å²) in [5.41, 5.74) is 9.03. The molecule has 1 aliphatic carbocycles. The van der Waals surface area contributed by atoms with E-state index < -0.39 is 0 Å². The predicted octanol–water partition coefficient (Wildman–Crippen LogP) is 1.73. The van der Waals surface area contributed by atoms with Crippen LogP contribution in [0.5, 0.6) is 5.75 Å². The third-order valence-electron chi connectivity index (χ3n) is 4.64. The normalized spacial score (nSPS) is 28.9. The van der Waals surface area contributed by atoms with Crippen molar-refractivity contribution in [2.45, 2.75) is 37.5 Å². The van der Waals surface area contributed by atoms with Crippen molar-refractivity contribution in [1.29, 1.82) is 0 Å². The van der Waals surface area contributed by atoms with Gasteiger partial charge in [0.05, 0.1) is 13.2 Å². The number of nitrogens with zero attached hydrogens (tertiary/aromatic N) is 1. The van der Waals surface area contributed by atoms with Crippen molar-refractivity contribution in [3.63, 3.8) is 0 Å². The number of ether oxygens (including phenoxy) is 2. The van der Waals surface area contributed by atoms with E-state index in [1.165, 1.54) is 24.0 Å². The summed E-state index contributed by atoms with van der Waals surface area (Å²) in [6.45, 7) is 1.89. The fourth-order valence-corrected chi connectivity index (χ4v) is 3.43. The molecule has 0 amide bonds. The van der Waals surface area contributed by atoms with Crippen LogP contribution in [0.15, 0.2) is 18.2 Å². The van der Waals surface area contributed by atoms with Crippen LogP contribution in [-0.4, -0.2) is 44.4 Å². The average Bonchev–Trinajstić information content (AvgIpc) is 3.07. The Kier molecular flexibility index (Phi) is 3.96. The largest absolute Gasteiger partial charge is 0.497 e. The first kappa shape index (κ1) is 13.9. The number of methoxy groups -OCH3 is 1. The first-order valence-corrected chi connectivity index (χ1v) is 7.43. The molecule has 3 rings (SSSR count). The van der Waals surface area contributed by atoms with Crippen LogP contribution in [0.1, 0.15) is 30.0 Å². The summed E-state index contributed by atoms with van der Waals surface area (Å²) in [6, 6.07) is 6.68. The zero-order valence-corrected chi connectivity index (χ0v) is 12.3. The predicted molar refractivity (Wildman–Crippen MR) is 79.0 cm³/mol. The molecule has 0 radical (unpaired) electrons. The Hall–Kier alpha value is -1.10. The van der Waals surface area contributed by atoms with Crippen LogP contribution in [-0.2, 0) is 11.2 Å². The van der Waals surface area contributed by atoms with Gasteiger partial charge in [-0.25, -0.2) is 0 Å². The van der Waals surface area contributed by atoms with E-state index >= 15 is 0 Å². The molecule has 0 bridgehead atoms. The van der Waals surface area contributed by atoms with E-state index in [2.05, 4.69) is 24.1 Å². The average molecular weight is 276 g/mol. The zero-order valence-electron chi connectivity index (χ0n) is 12.3. The molecule has 0 spiro atoms. The van der Waals surface area contributed by atoms with Gasteiger partial charge in [-0.3, -0.25) is 4.90 Å². The minimum atomic E-state index is 0.0616. The number of likely N-dealkylation sites (N-methyl/N-ethyl adjacent to an activating group) is 1. The van der Waals surface area contributed by atoms with Gasteiger partial charge >= 0.3 is 0 Å². The standard InChI is InChI=1S/C16H24N2O2/c1-18(10-13-4-3-7-20-13)15-8-11-5-6-12(19-2)9-14(11)16(15)17/h5-6,9,13,15-16H,3-4,7-8,10,17H2,1-2H3. The number of benzene rings is 1. The molecular formula is C16H24N2O2. The molecule has 0 saturated carbocycles. The van der Waals surface area contributed by atoms with Gasteiger partial charge in [0.25, 0.3) is 0 Å². The van der Waals surface area contributed by atoms with Crippen molar-refractivity contribution in [3.05, 3.63) is 29.3 Å². The van der Waals surface area contributed by atoms with E-state index in [4.69, 9.17) is 15.2 Å². The van der Waals surface area contributed by atoms with Crippen LogP contribution >= 0.6 is 0 Å². The summed E-state index contributed by atoms with van der Waals surface area (Å²) in [6.07, 6.45) is 3.76. The molecule has 1 heterocycles. The first-order valence-electron chi connectivity index (χ1n) is 7.43. The number of hydrogen-bond acceptors (Lipinski definition) is 4. The lowest BCUT2D eigenvalue weighted by molar-refractivity contribution is 0.0654. The fourth-order valence-electron chi connectivity index (χ4n) is 3.43. The quantitative estimate of drug-likeness (QED) is 0.910. The lowest BCUT2D eigenvalue weighted by Gasteiger charge is -2.29. The molecule has 3 unspecified atom stereocenters. The second-order valence-electron chi connectivity index (χ2n) is 5.94. The number of fused-ring (bicyclic) bond motifs is 1. The van der Waals surface area contributed by atoms with E-state index in [1.807, 2.05) is 6.07 Å². The van der Waals surface area contributed by atoms with E-state index in [1.54, 1.807) is 7.11 Å². The maximum absolute atomic E-state index is 6.45. The summed E-state index contributed by atoms with van der Waals surface area (Å²) < 4.78 is 11.0. The SMILES string of the molecule is COc1ccc2c(c1)C(N)C(N(C)CC1CCCO1)C2. The topological polar surface area (TPSA) is 47.7 Å². The Labute approximate surface area is 120 Å². The Morgan fingerprint density at radius 2 is 2.30 bits per heavy atom. The van der Waals surface area contributed by atoms with Gasteiger partial charge in [0, 0.05) is 25.2 Å². The molecule has 4 heteroatoms. The minimum absolute atomic E-state index is 0.0616. The van der Waals surface area contributed by atoms with Crippen molar-refractivity contribution < 1.29 is 9.47 Å². The molecule has 20 heavy (non-hydrogen) atoms. The van der Waals surface area contributed by atoms with Crippen molar-refractivity contribution in [3.8, 4) is 5.75 Å². The van der Waals surface area contributed by atoms with Gasteiger partial charge in [0.1, 0.15) is 5.75 Å². The highest BCUT2D eigenvalue weighted by Gasteiger charge is 2.34. The van der Waals surface area contributed by atoms with Crippen LogP contribution in [0.25, 0.3) is 0 Å². The smallest absolute Gasteiger partial charge is 0.119 e. The monoisotopic (exact) mass is 276 g/mol. The summed E-state index contributed by atoms with van der Waals surface area (Å²) in [5, 5.41) is 0. The summed E-state index contributed by atoms with van der Waals surface area (Å²) in [4.78, 5) is 2.37. The van der Waals surface area contributed by atoms with Gasteiger partial charge in [0.2, 0.25) is 0 Å². The Balaban J connectivity index is 1.70. The van der Waals surface area contributed by atoms with E-state index in [0.717, 1.165) is 25.3 Å². The van der Waals surface area contributed by atoms with Crippen molar-refractivity contribution in [2.75, 3.05) is 27.3 Å². The first-order chi connectivity index (χ1) is 9.69. The van der Waals surface area contributed by atoms with Gasteiger partial charge in [-0.05, 0) is 49.6 Å². The summed E-state index contributed by atoms with van der Waals surface area (Å²) >= 11 is 0. The van der Waals surface area contributed by atoms with E-state index in [9.17, 15) is 0 Å². The second-order valence-corrected chi connectivity index (χ2v) is 5.94. The fraction of sp³-hybridized carbons (Fsp3) is 0.625. The van der Waals surface area contributed by atoms with Gasteiger partial charge in [-0.1, -0.05) is 6.07 Å². The van der Waals surface area contributed by atoms with Crippen molar-refractivity contribution in [2.24, 2.45) is 5.73 Å². The second kappa shape index (κ2) is 5.72. The molecule has 1 aromatic rings. The molecule has 2 N–H and O–H groups in total. The molecule has 1 aromatic carbocycles. The Morgan fingerprint density at radius 1 is 1.45 bits per heavy atom. The lowest BCUT2D eigenvalue weighted by Crippen LogP contribution is -2.42. The minimum Gasteiger partial charge on any atom is -0.497 e. The summed E-state index contributed by atoms with van der Waals surface area (Å²) in [7, 11) is 3.86. The van der Waals surface area contributed by atoms with Crippen LogP contribution in [0.4, 0.5) is 0 Å². The van der Waals surface area contributed by atoms with Crippen molar-refractivity contribution >= 4 is 0 Å².